The normalized spacial score (nSPS) is 36.7. The third-order valence-corrected chi connectivity index (χ3v) is 2.30. The van der Waals surface area contributed by atoms with Crippen molar-refractivity contribution in [1.82, 2.24) is 0 Å². The van der Waals surface area contributed by atoms with Crippen molar-refractivity contribution in [2.75, 3.05) is 6.54 Å². The van der Waals surface area contributed by atoms with E-state index < -0.39 is 0 Å². The van der Waals surface area contributed by atoms with Crippen LogP contribution in [0.2, 0.25) is 0 Å². The lowest BCUT2D eigenvalue weighted by Gasteiger charge is -2.24. The molecule has 1 fully saturated rings. The molecule has 0 aromatic heterocycles. The van der Waals surface area contributed by atoms with E-state index >= 15 is 0 Å². The van der Waals surface area contributed by atoms with Gasteiger partial charge in [-0.1, -0.05) is 19.8 Å². The number of nitrogens with two attached hydrogens (primary N) is 1. The second-order valence-corrected chi connectivity index (χ2v) is 3.12. The highest BCUT2D eigenvalue weighted by Crippen LogP contribution is 2.26. The molecule has 1 rings (SSSR count). The third kappa shape index (κ3) is 1.98. The number of rotatable bonds is 1. The summed E-state index contributed by atoms with van der Waals surface area (Å²) in [4.78, 5) is 0. The van der Waals surface area contributed by atoms with Crippen molar-refractivity contribution >= 4 is 0 Å². The molecule has 0 amide bonds. The highest BCUT2D eigenvalue weighted by molar-refractivity contribution is 4.73. The molecular weight excluding hydrogens is 110 g/mol. The van der Waals surface area contributed by atoms with Crippen LogP contribution in [-0.2, 0) is 0 Å². The van der Waals surface area contributed by atoms with E-state index in [0.717, 1.165) is 12.5 Å². The molecule has 0 bridgehead atoms. The Balaban J connectivity index is 2.18. The first-order valence-corrected chi connectivity index (χ1v) is 3.86. The molecule has 0 heterocycles. The molecular formula is C8H16N. The van der Waals surface area contributed by atoms with Gasteiger partial charge in [0.2, 0.25) is 0 Å². The molecule has 9 heavy (non-hydrogen) atoms. The second-order valence-electron chi connectivity index (χ2n) is 3.12. The monoisotopic (exact) mass is 126 g/mol. The van der Waals surface area contributed by atoms with Gasteiger partial charge in [-0.2, -0.15) is 0 Å². The predicted octanol–water partition coefficient (Wildman–Crippen LogP) is 1.59. The molecule has 0 saturated heterocycles. The zero-order valence-electron chi connectivity index (χ0n) is 5.97. The van der Waals surface area contributed by atoms with Crippen LogP contribution in [0, 0.1) is 18.8 Å². The van der Waals surface area contributed by atoms with Crippen molar-refractivity contribution in [2.45, 2.75) is 25.7 Å². The van der Waals surface area contributed by atoms with Gasteiger partial charge in [0.25, 0.3) is 0 Å². The zero-order valence-corrected chi connectivity index (χ0v) is 5.97. The quantitative estimate of drug-likeness (QED) is 0.567. The molecule has 1 aliphatic carbocycles. The van der Waals surface area contributed by atoms with E-state index in [1.54, 1.807) is 0 Å². The highest BCUT2D eigenvalue weighted by atomic mass is 14.5. The van der Waals surface area contributed by atoms with Crippen LogP contribution in [0.25, 0.3) is 0 Å². The fourth-order valence-electron chi connectivity index (χ4n) is 1.47. The molecule has 0 atom stereocenters. The smallest absolute Gasteiger partial charge is 0.00489 e. The van der Waals surface area contributed by atoms with Crippen LogP contribution in [0.4, 0.5) is 0 Å². The minimum absolute atomic E-state index is 0.716. The van der Waals surface area contributed by atoms with Gasteiger partial charge < -0.3 is 5.73 Å². The minimum atomic E-state index is 0.716. The third-order valence-electron chi connectivity index (χ3n) is 2.30. The van der Waals surface area contributed by atoms with Crippen molar-refractivity contribution in [2.24, 2.45) is 17.6 Å². The second kappa shape index (κ2) is 3.21. The minimum Gasteiger partial charge on any atom is -0.330 e. The molecule has 0 aromatic rings. The Kier molecular flexibility index (Phi) is 2.52. The molecule has 1 aliphatic rings. The van der Waals surface area contributed by atoms with Gasteiger partial charge in [-0.15, -0.1) is 0 Å². The molecule has 53 valence electrons. The van der Waals surface area contributed by atoms with Crippen molar-refractivity contribution in [3.05, 3.63) is 6.92 Å². The summed E-state index contributed by atoms with van der Waals surface area (Å²) in [7, 11) is 0. The molecule has 1 radical (unpaired) electrons. The van der Waals surface area contributed by atoms with E-state index in [9.17, 15) is 0 Å². The summed E-state index contributed by atoms with van der Waals surface area (Å²) in [5.74, 6) is 1.52. The molecule has 1 nitrogen and oxygen atoms in total. The van der Waals surface area contributed by atoms with Crippen molar-refractivity contribution < 1.29 is 0 Å². The molecule has 2 N–H and O–H groups in total. The lowest BCUT2D eigenvalue weighted by atomic mass is 9.83. The molecule has 0 aromatic carbocycles. The Morgan fingerprint density at radius 3 is 2.22 bits per heavy atom. The summed E-state index contributed by atoms with van der Waals surface area (Å²) in [6.45, 7) is 4.91. The average molecular weight is 126 g/mol. The van der Waals surface area contributed by atoms with Crippen LogP contribution in [0.1, 0.15) is 25.7 Å². The summed E-state index contributed by atoms with van der Waals surface area (Å²) in [5.41, 5.74) is 5.53. The maximum Gasteiger partial charge on any atom is -0.00489 e. The topological polar surface area (TPSA) is 26.0 Å². The lowest BCUT2D eigenvalue weighted by molar-refractivity contribution is 0.315. The largest absolute Gasteiger partial charge is 0.330 e. The van der Waals surface area contributed by atoms with Crippen LogP contribution in [0.5, 0.6) is 0 Å². The van der Waals surface area contributed by atoms with Gasteiger partial charge in [0.1, 0.15) is 0 Å². The Labute approximate surface area is 57.6 Å². The molecule has 0 aliphatic heterocycles. The highest BCUT2D eigenvalue weighted by Gasteiger charge is 2.15. The van der Waals surface area contributed by atoms with Crippen LogP contribution in [0.3, 0.4) is 0 Å². The van der Waals surface area contributed by atoms with Gasteiger partial charge in [-0.3, -0.25) is 0 Å². The van der Waals surface area contributed by atoms with Crippen molar-refractivity contribution in [1.29, 1.82) is 0 Å². The predicted molar refractivity (Wildman–Crippen MR) is 39.9 cm³/mol. The number of hydrogen-bond acceptors (Lipinski definition) is 1. The summed E-state index contributed by atoms with van der Waals surface area (Å²) >= 11 is 0. The summed E-state index contributed by atoms with van der Waals surface area (Å²) in [5, 5.41) is 0. The van der Waals surface area contributed by atoms with E-state index in [0.29, 0.717) is 5.92 Å². The van der Waals surface area contributed by atoms with Gasteiger partial charge in [0, 0.05) is 0 Å². The summed E-state index contributed by atoms with van der Waals surface area (Å²) < 4.78 is 0. The molecule has 0 spiro atoms. The van der Waals surface area contributed by atoms with Gasteiger partial charge in [0.15, 0.2) is 0 Å². The standard InChI is InChI=1S/C8H16N/c1-7-2-4-8(6-9)5-3-7/h7-8H,1-6,9H2/t7-,8-. The Morgan fingerprint density at radius 1 is 1.22 bits per heavy atom. The lowest BCUT2D eigenvalue weighted by Crippen LogP contribution is -2.20. The Bertz CT molecular complexity index is 72.6. The van der Waals surface area contributed by atoms with E-state index in [4.69, 9.17) is 5.73 Å². The molecule has 0 unspecified atom stereocenters. The first-order chi connectivity index (χ1) is 4.33. The fraction of sp³-hybridized carbons (Fsp3) is 0.875. The van der Waals surface area contributed by atoms with Crippen LogP contribution in [-0.4, -0.2) is 6.54 Å². The summed E-state index contributed by atoms with van der Waals surface area (Å²) in [6, 6.07) is 0. The number of hydrogen-bond donors (Lipinski definition) is 1. The molecule has 1 heteroatoms. The van der Waals surface area contributed by atoms with Gasteiger partial charge >= 0.3 is 0 Å². The Hall–Kier alpha value is -0.0400. The van der Waals surface area contributed by atoms with E-state index in [2.05, 4.69) is 6.92 Å². The SMILES string of the molecule is [CH2][C@H]1CC[C@H](CN)CC1. The average Bonchev–Trinajstić information content (AvgIpc) is 1.90. The zero-order chi connectivity index (χ0) is 6.69. The van der Waals surface area contributed by atoms with Gasteiger partial charge in [-0.25, -0.2) is 0 Å². The first-order valence-electron chi connectivity index (χ1n) is 3.86. The van der Waals surface area contributed by atoms with E-state index in [1.165, 1.54) is 25.7 Å². The molecule has 1 saturated carbocycles. The van der Waals surface area contributed by atoms with Crippen LogP contribution < -0.4 is 5.73 Å². The van der Waals surface area contributed by atoms with Gasteiger partial charge in [-0.05, 0) is 31.2 Å². The maximum absolute atomic E-state index is 5.53. The first kappa shape index (κ1) is 7.07. The maximum atomic E-state index is 5.53. The van der Waals surface area contributed by atoms with Crippen LogP contribution in [0.15, 0.2) is 0 Å². The Morgan fingerprint density at radius 2 is 1.78 bits per heavy atom. The van der Waals surface area contributed by atoms with E-state index in [-0.39, 0.29) is 0 Å². The van der Waals surface area contributed by atoms with Gasteiger partial charge in [0.05, 0.1) is 0 Å². The van der Waals surface area contributed by atoms with Crippen LogP contribution >= 0.6 is 0 Å². The van der Waals surface area contributed by atoms with E-state index in [1.807, 2.05) is 0 Å². The van der Waals surface area contributed by atoms with Crippen molar-refractivity contribution in [3.8, 4) is 0 Å². The fourth-order valence-corrected chi connectivity index (χ4v) is 1.47. The summed E-state index contributed by atoms with van der Waals surface area (Å²) in [6.07, 6.45) is 5.21. The van der Waals surface area contributed by atoms with Crippen molar-refractivity contribution in [3.63, 3.8) is 0 Å².